The van der Waals surface area contributed by atoms with Crippen LogP contribution in [0.1, 0.15) is 45.6 Å². The fourth-order valence-electron chi connectivity index (χ4n) is 4.40. The van der Waals surface area contributed by atoms with Crippen molar-refractivity contribution in [2.45, 2.75) is 51.5 Å². The number of carbonyl (C=O) groups excluding carboxylic acids is 1. The summed E-state index contributed by atoms with van der Waals surface area (Å²) in [6.07, 6.45) is 4.62. The summed E-state index contributed by atoms with van der Waals surface area (Å²) >= 11 is 0. The summed E-state index contributed by atoms with van der Waals surface area (Å²) in [5.41, 5.74) is 0.508. The van der Waals surface area contributed by atoms with Crippen LogP contribution in [0.3, 0.4) is 0 Å². The number of esters is 1. The molecule has 1 aromatic carbocycles. The standard InChI is InChI=1S/C23H34NO7P/c1-22(2,3)21(25)29-15-30-32(26)31-17-9-10-23(11-12-24(4)20(23)14-17)16-7-8-18(27-5)19(13-16)28-6/h7-8,13-14,20,26H,9-12,15H2,1-6H3. The molecule has 1 aromatic rings. The summed E-state index contributed by atoms with van der Waals surface area (Å²) < 4.78 is 26.8. The molecule has 1 saturated heterocycles. The van der Waals surface area contributed by atoms with Crippen LogP contribution >= 0.6 is 8.60 Å². The predicted octanol–water partition coefficient (Wildman–Crippen LogP) is 4.12. The van der Waals surface area contributed by atoms with Crippen LogP contribution in [0.2, 0.25) is 0 Å². The normalized spacial score (nSPS) is 24.3. The Balaban J connectivity index is 1.69. The van der Waals surface area contributed by atoms with Crippen molar-refractivity contribution in [2.24, 2.45) is 5.41 Å². The molecule has 1 fully saturated rings. The van der Waals surface area contributed by atoms with Crippen molar-refractivity contribution in [1.29, 1.82) is 0 Å². The molecule has 178 valence electrons. The summed E-state index contributed by atoms with van der Waals surface area (Å²) in [5.74, 6) is 1.72. The number of likely N-dealkylation sites (tertiary alicyclic amines) is 1. The molecule has 1 aliphatic carbocycles. The number of fused-ring (bicyclic) bond motifs is 1. The SMILES string of the molecule is COc1ccc(C23CCC(OP(O)OCOC(=O)C(C)(C)C)=CC2N(C)CC3)cc1OC. The third-order valence-electron chi connectivity index (χ3n) is 6.23. The van der Waals surface area contributed by atoms with Gasteiger partial charge in [-0.05, 0) is 71.0 Å². The highest BCUT2D eigenvalue weighted by Crippen LogP contribution is 2.51. The zero-order valence-corrected chi connectivity index (χ0v) is 20.6. The maximum absolute atomic E-state index is 11.8. The van der Waals surface area contributed by atoms with E-state index in [1.54, 1.807) is 35.0 Å². The molecule has 1 heterocycles. The van der Waals surface area contributed by atoms with Gasteiger partial charge in [0.1, 0.15) is 5.76 Å². The molecule has 3 unspecified atom stereocenters. The van der Waals surface area contributed by atoms with Crippen molar-refractivity contribution in [2.75, 3.05) is 34.6 Å². The highest BCUT2D eigenvalue weighted by molar-refractivity contribution is 7.40. The average molecular weight is 467 g/mol. The Morgan fingerprint density at radius 3 is 2.59 bits per heavy atom. The molecule has 0 bridgehead atoms. The fraction of sp³-hybridized carbons (Fsp3) is 0.609. The summed E-state index contributed by atoms with van der Waals surface area (Å²) in [7, 11) is 3.18. The Morgan fingerprint density at radius 1 is 1.22 bits per heavy atom. The van der Waals surface area contributed by atoms with Crippen LogP contribution in [-0.4, -0.2) is 56.4 Å². The molecule has 9 heteroatoms. The van der Waals surface area contributed by atoms with Crippen molar-refractivity contribution in [3.8, 4) is 11.5 Å². The number of allylic oxidation sites excluding steroid dienone is 1. The molecule has 0 amide bonds. The predicted molar refractivity (Wildman–Crippen MR) is 121 cm³/mol. The lowest BCUT2D eigenvalue weighted by atomic mass is 9.68. The van der Waals surface area contributed by atoms with Crippen LogP contribution in [-0.2, 0) is 24.0 Å². The van der Waals surface area contributed by atoms with E-state index in [4.69, 9.17) is 23.3 Å². The quantitative estimate of drug-likeness (QED) is 0.347. The Hall–Kier alpha value is -1.86. The minimum Gasteiger partial charge on any atom is -0.493 e. The van der Waals surface area contributed by atoms with Crippen LogP contribution in [0.15, 0.2) is 30.0 Å². The number of hydrogen-bond donors (Lipinski definition) is 1. The number of methoxy groups -OCH3 is 2. The summed E-state index contributed by atoms with van der Waals surface area (Å²) in [6.45, 7) is 5.87. The van der Waals surface area contributed by atoms with Gasteiger partial charge in [-0.25, -0.2) is 0 Å². The monoisotopic (exact) mass is 467 g/mol. The first-order valence-corrected chi connectivity index (χ1v) is 11.8. The summed E-state index contributed by atoms with van der Waals surface area (Å²) in [4.78, 5) is 24.3. The fourth-order valence-corrected chi connectivity index (χ4v) is 4.95. The Labute approximate surface area is 191 Å². The highest BCUT2D eigenvalue weighted by Gasteiger charge is 2.48. The average Bonchev–Trinajstić information content (AvgIpc) is 3.09. The maximum atomic E-state index is 11.8. The van der Waals surface area contributed by atoms with Gasteiger partial charge in [0.2, 0.25) is 6.79 Å². The number of ether oxygens (including phenoxy) is 3. The van der Waals surface area contributed by atoms with Gasteiger partial charge in [-0.15, -0.1) is 0 Å². The van der Waals surface area contributed by atoms with Gasteiger partial charge in [0.15, 0.2) is 11.5 Å². The molecule has 0 radical (unpaired) electrons. The lowest BCUT2D eigenvalue weighted by Crippen LogP contribution is -2.42. The molecule has 0 saturated carbocycles. The highest BCUT2D eigenvalue weighted by atomic mass is 31.2. The minimum atomic E-state index is -2.19. The van der Waals surface area contributed by atoms with E-state index in [0.29, 0.717) is 17.9 Å². The number of hydrogen-bond acceptors (Lipinski definition) is 8. The minimum absolute atomic E-state index is 0.0670. The van der Waals surface area contributed by atoms with Gasteiger partial charge in [0.05, 0.1) is 19.6 Å². The third-order valence-corrected chi connectivity index (χ3v) is 6.95. The van der Waals surface area contributed by atoms with Crippen molar-refractivity contribution in [3.63, 3.8) is 0 Å². The van der Waals surface area contributed by atoms with Crippen molar-refractivity contribution >= 4 is 14.6 Å². The van der Waals surface area contributed by atoms with Gasteiger partial charge in [0.25, 0.3) is 0 Å². The van der Waals surface area contributed by atoms with Crippen LogP contribution in [0.4, 0.5) is 0 Å². The first-order valence-electron chi connectivity index (χ1n) is 10.7. The lowest BCUT2D eigenvalue weighted by molar-refractivity contribution is -0.159. The first kappa shape index (κ1) is 24.8. The number of nitrogens with zero attached hydrogens (tertiary/aromatic N) is 1. The van der Waals surface area contributed by atoms with E-state index >= 15 is 0 Å². The number of benzene rings is 1. The molecule has 2 aliphatic rings. The second kappa shape index (κ2) is 9.96. The van der Waals surface area contributed by atoms with Gasteiger partial charge in [-0.2, -0.15) is 0 Å². The molecular weight excluding hydrogens is 433 g/mol. The number of likely N-dealkylation sites (N-methyl/N-ethyl adjacent to an activating group) is 1. The van der Waals surface area contributed by atoms with Crippen LogP contribution in [0.5, 0.6) is 11.5 Å². The third kappa shape index (κ3) is 5.20. The summed E-state index contributed by atoms with van der Waals surface area (Å²) in [5, 5.41) is 0. The van der Waals surface area contributed by atoms with Gasteiger partial charge >= 0.3 is 14.6 Å². The molecule has 0 aromatic heterocycles. The van der Waals surface area contributed by atoms with Gasteiger partial charge < -0.3 is 23.6 Å². The molecule has 1 N–H and O–H groups in total. The molecule has 8 nitrogen and oxygen atoms in total. The van der Waals surface area contributed by atoms with Gasteiger partial charge in [-0.1, -0.05) is 6.07 Å². The second-order valence-electron chi connectivity index (χ2n) is 9.29. The van der Waals surface area contributed by atoms with Crippen LogP contribution < -0.4 is 9.47 Å². The van der Waals surface area contributed by atoms with E-state index in [1.165, 1.54) is 5.56 Å². The summed E-state index contributed by atoms with van der Waals surface area (Å²) in [6, 6.07) is 6.24. The van der Waals surface area contributed by atoms with E-state index in [1.807, 2.05) is 6.07 Å². The van der Waals surface area contributed by atoms with E-state index in [-0.39, 0.29) is 18.2 Å². The zero-order chi connectivity index (χ0) is 23.5. The zero-order valence-electron chi connectivity index (χ0n) is 19.7. The van der Waals surface area contributed by atoms with Gasteiger partial charge in [-0.3, -0.25) is 14.2 Å². The van der Waals surface area contributed by atoms with E-state index in [0.717, 1.165) is 25.1 Å². The van der Waals surface area contributed by atoms with Crippen molar-refractivity contribution in [3.05, 3.63) is 35.6 Å². The second-order valence-corrected chi connectivity index (χ2v) is 10.2. The van der Waals surface area contributed by atoms with Gasteiger partial charge in [0, 0.05) is 17.9 Å². The molecule has 32 heavy (non-hydrogen) atoms. The van der Waals surface area contributed by atoms with Crippen LogP contribution in [0, 0.1) is 5.41 Å². The molecule has 3 rings (SSSR count). The molecule has 1 aliphatic heterocycles. The largest absolute Gasteiger partial charge is 0.493 e. The maximum Gasteiger partial charge on any atom is 0.397 e. The Kier molecular flexibility index (Phi) is 7.71. The Morgan fingerprint density at radius 2 is 1.94 bits per heavy atom. The molecule has 0 spiro atoms. The van der Waals surface area contributed by atoms with E-state index < -0.39 is 20.0 Å². The van der Waals surface area contributed by atoms with E-state index in [2.05, 4.69) is 30.2 Å². The lowest BCUT2D eigenvalue weighted by Gasteiger charge is -2.40. The van der Waals surface area contributed by atoms with E-state index in [9.17, 15) is 9.69 Å². The molecule has 3 atom stereocenters. The molecular formula is C23H34NO7P. The number of carbonyl (C=O) groups is 1. The topological polar surface area (TPSA) is 86.7 Å². The van der Waals surface area contributed by atoms with Crippen molar-refractivity contribution in [1.82, 2.24) is 4.90 Å². The van der Waals surface area contributed by atoms with Crippen molar-refractivity contribution < 1.29 is 32.9 Å². The first-order chi connectivity index (χ1) is 15.1. The van der Waals surface area contributed by atoms with Crippen LogP contribution in [0.25, 0.3) is 0 Å². The smallest absolute Gasteiger partial charge is 0.397 e. The Bertz CT molecular complexity index is 853. The number of rotatable bonds is 8.